The van der Waals surface area contributed by atoms with E-state index in [1.807, 2.05) is 0 Å². The van der Waals surface area contributed by atoms with Crippen LogP contribution in [0, 0.1) is 4.77 Å². The number of esters is 1. The highest BCUT2D eigenvalue weighted by Gasteiger charge is 2.17. The molecule has 0 unspecified atom stereocenters. The molecule has 2 aromatic rings. The van der Waals surface area contributed by atoms with Gasteiger partial charge in [0.05, 0.1) is 11.0 Å². The van der Waals surface area contributed by atoms with Gasteiger partial charge in [-0.05, 0) is 45.1 Å². The highest BCUT2D eigenvalue weighted by molar-refractivity contribution is 7.71. The Kier molecular flexibility index (Phi) is 4.51. The van der Waals surface area contributed by atoms with E-state index in [9.17, 15) is 9.59 Å². The van der Waals surface area contributed by atoms with Crippen molar-refractivity contribution in [3.63, 3.8) is 0 Å². The van der Waals surface area contributed by atoms with Crippen molar-refractivity contribution in [2.75, 3.05) is 6.54 Å². The molecular formula is C14H17N3O4S. The number of aromatic amines is 2. The zero-order valence-corrected chi connectivity index (χ0v) is 13.3. The van der Waals surface area contributed by atoms with Crippen LogP contribution < -0.4 is 10.1 Å². The molecule has 2 rings (SSSR count). The van der Waals surface area contributed by atoms with Crippen LogP contribution in [0.25, 0.3) is 11.0 Å². The minimum atomic E-state index is -0.672. The van der Waals surface area contributed by atoms with Gasteiger partial charge in [-0.3, -0.25) is 0 Å². The lowest BCUT2D eigenvalue weighted by atomic mass is 10.2. The molecule has 0 bridgehead atoms. The first-order chi connectivity index (χ1) is 10.2. The van der Waals surface area contributed by atoms with E-state index in [1.165, 1.54) is 0 Å². The molecule has 8 heteroatoms. The summed E-state index contributed by atoms with van der Waals surface area (Å²) in [6, 6.07) is 5.02. The van der Waals surface area contributed by atoms with Crippen LogP contribution >= 0.6 is 12.2 Å². The standard InChI is InChI=1S/C14H17N3O4S/c1-14(2,3)21-13(19)15-7-11(18)20-8-4-5-9-10(6-8)17-12(22)16-9/h4-6H,7H2,1-3H3,(H,15,19)(H2,16,17,22). The monoisotopic (exact) mass is 323 g/mol. The predicted octanol–water partition coefficient (Wildman–Crippen LogP) is 2.66. The number of fused-ring (bicyclic) bond motifs is 1. The largest absolute Gasteiger partial charge is 0.444 e. The molecule has 0 radical (unpaired) electrons. The summed E-state index contributed by atoms with van der Waals surface area (Å²) in [6.45, 7) is 4.93. The second-order valence-corrected chi connectivity index (χ2v) is 6.02. The molecule has 3 N–H and O–H groups in total. The number of carbonyl (C=O) groups is 2. The van der Waals surface area contributed by atoms with Crippen molar-refractivity contribution < 1.29 is 19.1 Å². The SMILES string of the molecule is CC(C)(C)OC(=O)NCC(=O)Oc1ccc2[nH]c(=S)[nH]c2c1. The second-order valence-electron chi connectivity index (χ2n) is 5.62. The lowest BCUT2D eigenvalue weighted by Crippen LogP contribution is -2.36. The number of H-pyrrole nitrogens is 2. The van der Waals surface area contributed by atoms with E-state index >= 15 is 0 Å². The quantitative estimate of drug-likeness (QED) is 0.458. The van der Waals surface area contributed by atoms with Crippen LogP contribution in [-0.4, -0.2) is 34.2 Å². The molecule has 22 heavy (non-hydrogen) atoms. The zero-order chi connectivity index (χ0) is 16.3. The molecule has 1 heterocycles. The summed E-state index contributed by atoms with van der Waals surface area (Å²) in [5, 5.41) is 2.33. The van der Waals surface area contributed by atoms with Gasteiger partial charge >= 0.3 is 12.1 Å². The van der Waals surface area contributed by atoms with Gasteiger partial charge in [-0.1, -0.05) is 0 Å². The molecule has 0 saturated heterocycles. The van der Waals surface area contributed by atoms with Crippen LogP contribution in [-0.2, 0) is 9.53 Å². The van der Waals surface area contributed by atoms with Crippen molar-refractivity contribution in [2.45, 2.75) is 26.4 Å². The molecule has 7 nitrogen and oxygen atoms in total. The molecular weight excluding hydrogens is 306 g/mol. The third kappa shape index (κ3) is 4.59. The van der Waals surface area contributed by atoms with E-state index in [0.29, 0.717) is 10.5 Å². The predicted molar refractivity (Wildman–Crippen MR) is 83.4 cm³/mol. The van der Waals surface area contributed by atoms with Gasteiger partial charge in [-0.2, -0.15) is 0 Å². The number of benzene rings is 1. The fourth-order valence-corrected chi connectivity index (χ4v) is 1.92. The average molecular weight is 323 g/mol. The van der Waals surface area contributed by atoms with Crippen molar-refractivity contribution in [1.82, 2.24) is 15.3 Å². The Morgan fingerprint density at radius 2 is 1.91 bits per heavy atom. The van der Waals surface area contributed by atoms with Crippen LogP contribution in [0.1, 0.15) is 20.8 Å². The van der Waals surface area contributed by atoms with Crippen LogP contribution in [0.4, 0.5) is 4.79 Å². The van der Waals surface area contributed by atoms with E-state index in [2.05, 4.69) is 15.3 Å². The van der Waals surface area contributed by atoms with Crippen LogP contribution in [0.15, 0.2) is 18.2 Å². The van der Waals surface area contributed by atoms with Crippen molar-refractivity contribution in [3.8, 4) is 5.75 Å². The normalized spacial score (nSPS) is 11.2. The fourth-order valence-electron chi connectivity index (χ4n) is 1.70. The molecule has 0 aliphatic carbocycles. The van der Waals surface area contributed by atoms with Crippen LogP contribution in [0.3, 0.4) is 0 Å². The Balaban J connectivity index is 1.90. The number of hydrogen-bond donors (Lipinski definition) is 3. The van der Waals surface area contributed by atoms with Crippen molar-refractivity contribution in [1.29, 1.82) is 0 Å². The van der Waals surface area contributed by atoms with E-state index < -0.39 is 17.7 Å². The first kappa shape index (κ1) is 16.0. The summed E-state index contributed by atoms with van der Waals surface area (Å²) in [5.74, 6) is -0.243. The van der Waals surface area contributed by atoms with Gasteiger partial charge in [-0.25, -0.2) is 9.59 Å². The summed E-state index contributed by atoms with van der Waals surface area (Å²) in [5.41, 5.74) is 0.928. The summed E-state index contributed by atoms with van der Waals surface area (Å²) < 4.78 is 10.6. The maximum absolute atomic E-state index is 11.7. The lowest BCUT2D eigenvalue weighted by molar-refractivity contribution is -0.133. The average Bonchev–Trinajstić information content (AvgIpc) is 2.74. The maximum Gasteiger partial charge on any atom is 0.408 e. The fraction of sp³-hybridized carbons (Fsp3) is 0.357. The Bertz CT molecular complexity index is 757. The lowest BCUT2D eigenvalue weighted by Gasteiger charge is -2.19. The smallest absolute Gasteiger partial charge is 0.408 e. The Morgan fingerprint density at radius 3 is 2.59 bits per heavy atom. The maximum atomic E-state index is 11.7. The first-order valence-electron chi connectivity index (χ1n) is 6.62. The Morgan fingerprint density at radius 1 is 1.23 bits per heavy atom. The highest BCUT2D eigenvalue weighted by atomic mass is 32.1. The number of ether oxygens (including phenoxy) is 2. The number of carbonyl (C=O) groups excluding carboxylic acids is 2. The van der Waals surface area contributed by atoms with E-state index in [0.717, 1.165) is 11.0 Å². The first-order valence-corrected chi connectivity index (χ1v) is 7.03. The number of imidazole rings is 1. The second kappa shape index (κ2) is 6.18. The minimum absolute atomic E-state index is 0.282. The van der Waals surface area contributed by atoms with Crippen molar-refractivity contribution >= 4 is 35.3 Å². The van der Waals surface area contributed by atoms with Crippen molar-refractivity contribution in [2.24, 2.45) is 0 Å². The third-order valence-corrected chi connectivity index (χ3v) is 2.70. The molecule has 0 aliphatic heterocycles. The minimum Gasteiger partial charge on any atom is -0.444 e. The number of aromatic nitrogens is 2. The van der Waals surface area contributed by atoms with Gasteiger partial charge in [-0.15, -0.1) is 0 Å². The van der Waals surface area contributed by atoms with E-state index in [-0.39, 0.29) is 6.54 Å². The van der Waals surface area contributed by atoms with Crippen LogP contribution in [0.5, 0.6) is 5.75 Å². The van der Waals surface area contributed by atoms with E-state index in [1.54, 1.807) is 39.0 Å². The number of rotatable bonds is 3. The number of hydrogen-bond acceptors (Lipinski definition) is 5. The van der Waals surface area contributed by atoms with Crippen LogP contribution in [0.2, 0.25) is 0 Å². The molecule has 0 fully saturated rings. The van der Waals surface area contributed by atoms with Gasteiger partial charge in [0.15, 0.2) is 4.77 Å². The Hall–Kier alpha value is -2.35. The summed E-state index contributed by atoms with van der Waals surface area (Å²) in [7, 11) is 0. The van der Waals surface area contributed by atoms with Gasteiger partial charge in [0, 0.05) is 6.07 Å². The molecule has 118 valence electrons. The van der Waals surface area contributed by atoms with Gasteiger partial charge in [0.25, 0.3) is 0 Å². The molecule has 1 amide bonds. The number of amides is 1. The molecule has 0 atom stereocenters. The molecule has 1 aromatic carbocycles. The van der Waals surface area contributed by atoms with Crippen molar-refractivity contribution in [3.05, 3.63) is 23.0 Å². The number of nitrogens with one attached hydrogen (secondary N) is 3. The summed E-state index contributed by atoms with van der Waals surface area (Å²) in [4.78, 5) is 29.0. The molecule has 0 spiro atoms. The summed E-state index contributed by atoms with van der Waals surface area (Å²) in [6.07, 6.45) is -0.672. The molecule has 1 aromatic heterocycles. The van der Waals surface area contributed by atoms with Gasteiger partial charge < -0.3 is 24.8 Å². The van der Waals surface area contributed by atoms with Gasteiger partial charge in [0.1, 0.15) is 17.9 Å². The third-order valence-electron chi connectivity index (χ3n) is 2.50. The zero-order valence-electron chi connectivity index (χ0n) is 12.5. The van der Waals surface area contributed by atoms with E-state index in [4.69, 9.17) is 21.7 Å². The number of alkyl carbamates (subject to hydrolysis) is 1. The summed E-state index contributed by atoms with van der Waals surface area (Å²) >= 11 is 4.98. The Labute approximate surface area is 132 Å². The van der Waals surface area contributed by atoms with Gasteiger partial charge in [0.2, 0.25) is 0 Å². The molecule has 0 aliphatic rings. The molecule has 0 saturated carbocycles. The topological polar surface area (TPSA) is 96.2 Å². The highest BCUT2D eigenvalue weighted by Crippen LogP contribution is 2.18.